The van der Waals surface area contributed by atoms with E-state index in [1.165, 1.54) is 0 Å². The zero-order valence-corrected chi connectivity index (χ0v) is 8.86. The molecule has 76 valence electrons. The fraction of sp³-hybridized carbons (Fsp3) is 0.100. The summed E-state index contributed by atoms with van der Waals surface area (Å²) in [6.45, 7) is 1.82. The lowest BCUT2D eigenvalue weighted by Crippen LogP contribution is -1.96. The third-order valence-corrected chi connectivity index (χ3v) is 2.22. The minimum atomic E-state index is 0.400. The molecule has 0 amide bonds. The number of halogens is 1. The van der Waals surface area contributed by atoms with Crippen LogP contribution in [-0.2, 0) is 0 Å². The molecule has 1 N–H and O–H groups in total. The van der Waals surface area contributed by atoms with Gasteiger partial charge in [-0.3, -0.25) is 5.43 Å². The van der Waals surface area contributed by atoms with E-state index < -0.39 is 0 Å². The van der Waals surface area contributed by atoms with Crippen LogP contribution in [0.3, 0.4) is 0 Å². The van der Waals surface area contributed by atoms with Crippen molar-refractivity contribution >= 4 is 34.4 Å². The molecule has 0 radical (unpaired) electrons. The first-order chi connectivity index (χ1) is 7.33. The molecule has 0 saturated heterocycles. The zero-order valence-electron chi connectivity index (χ0n) is 8.11. The average molecular weight is 221 g/mol. The fourth-order valence-corrected chi connectivity index (χ4v) is 1.48. The van der Waals surface area contributed by atoms with Gasteiger partial charge in [-0.25, -0.2) is 0 Å². The maximum Gasteiger partial charge on any atom is 0.176 e. The van der Waals surface area contributed by atoms with E-state index in [4.69, 9.17) is 11.6 Å². The van der Waals surface area contributed by atoms with E-state index in [0.29, 0.717) is 11.0 Å². The van der Waals surface area contributed by atoms with Crippen LogP contribution in [0, 0.1) is 0 Å². The molecule has 0 fully saturated rings. The van der Waals surface area contributed by atoms with Crippen LogP contribution in [0.4, 0.5) is 5.82 Å². The summed E-state index contributed by atoms with van der Waals surface area (Å²) in [4.78, 5) is 0. The Morgan fingerprint density at radius 2 is 2.00 bits per heavy atom. The molecule has 2 rings (SSSR count). The van der Waals surface area contributed by atoms with Crippen molar-refractivity contribution in [1.82, 2.24) is 10.2 Å². The monoisotopic (exact) mass is 220 g/mol. The van der Waals surface area contributed by atoms with E-state index in [9.17, 15) is 0 Å². The van der Waals surface area contributed by atoms with Gasteiger partial charge in [0.05, 0.1) is 0 Å². The Balaban J connectivity index is 2.61. The standard InChI is InChI=1S/C10H9ClN4/c1-2-12-14-10-8-6-4-3-5-7(8)9(11)13-15-10/h2-6H,1H3,(H,14,15)/b12-2+. The molecule has 0 spiro atoms. The smallest absolute Gasteiger partial charge is 0.176 e. The van der Waals surface area contributed by atoms with Crippen molar-refractivity contribution in [2.24, 2.45) is 5.10 Å². The van der Waals surface area contributed by atoms with Gasteiger partial charge in [-0.15, -0.1) is 10.2 Å². The molecule has 4 nitrogen and oxygen atoms in total. The molecule has 0 atom stereocenters. The predicted octanol–water partition coefficient (Wildman–Crippen LogP) is 2.70. The second-order valence-corrected chi connectivity index (χ2v) is 3.24. The van der Waals surface area contributed by atoms with Crippen LogP contribution in [0.25, 0.3) is 10.8 Å². The number of anilines is 1. The van der Waals surface area contributed by atoms with Crippen molar-refractivity contribution in [3.63, 3.8) is 0 Å². The van der Waals surface area contributed by atoms with Crippen molar-refractivity contribution in [1.29, 1.82) is 0 Å². The first kappa shape index (κ1) is 9.86. The van der Waals surface area contributed by atoms with E-state index in [0.717, 1.165) is 10.8 Å². The number of nitrogens with zero attached hydrogens (tertiary/aromatic N) is 3. The number of fused-ring (bicyclic) bond motifs is 1. The van der Waals surface area contributed by atoms with Crippen molar-refractivity contribution in [2.75, 3.05) is 5.43 Å². The third-order valence-electron chi connectivity index (χ3n) is 1.94. The number of benzene rings is 1. The maximum absolute atomic E-state index is 5.92. The summed E-state index contributed by atoms with van der Waals surface area (Å²) in [6, 6.07) is 7.64. The molecule has 2 aromatic rings. The second-order valence-electron chi connectivity index (χ2n) is 2.88. The summed E-state index contributed by atoms with van der Waals surface area (Å²) in [5, 5.41) is 13.8. The molecule has 15 heavy (non-hydrogen) atoms. The van der Waals surface area contributed by atoms with E-state index in [2.05, 4.69) is 20.7 Å². The van der Waals surface area contributed by atoms with Crippen LogP contribution in [0.15, 0.2) is 29.4 Å². The lowest BCUT2D eigenvalue weighted by atomic mass is 10.2. The Bertz CT molecular complexity index is 510. The first-order valence-corrected chi connectivity index (χ1v) is 4.85. The highest BCUT2D eigenvalue weighted by molar-refractivity contribution is 6.34. The summed E-state index contributed by atoms with van der Waals surface area (Å²) < 4.78 is 0. The largest absolute Gasteiger partial charge is 0.260 e. The minimum Gasteiger partial charge on any atom is -0.260 e. The van der Waals surface area contributed by atoms with Crippen LogP contribution in [0.5, 0.6) is 0 Å². The van der Waals surface area contributed by atoms with E-state index >= 15 is 0 Å². The summed E-state index contributed by atoms with van der Waals surface area (Å²) in [5.41, 5.74) is 2.80. The molecular formula is C10H9ClN4. The Morgan fingerprint density at radius 1 is 1.27 bits per heavy atom. The van der Waals surface area contributed by atoms with Crippen LogP contribution < -0.4 is 5.43 Å². The van der Waals surface area contributed by atoms with E-state index in [-0.39, 0.29) is 0 Å². The van der Waals surface area contributed by atoms with Gasteiger partial charge in [0.1, 0.15) is 0 Å². The highest BCUT2D eigenvalue weighted by Crippen LogP contribution is 2.25. The SMILES string of the molecule is C/C=N/Nc1nnc(Cl)c2ccccc12. The number of rotatable bonds is 2. The van der Waals surface area contributed by atoms with Crippen molar-refractivity contribution in [3.8, 4) is 0 Å². The highest BCUT2D eigenvalue weighted by Gasteiger charge is 2.05. The van der Waals surface area contributed by atoms with Crippen molar-refractivity contribution < 1.29 is 0 Å². The normalized spacial score (nSPS) is 11.1. The second kappa shape index (κ2) is 4.23. The van der Waals surface area contributed by atoms with Gasteiger partial charge in [-0.05, 0) is 6.92 Å². The highest BCUT2D eigenvalue weighted by atomic mass is 35.5. The molecule has 0 saturated carbocycles. The summed E-state index contributed by atoms with van der Waals surface area (Å²) in [7, 11) is 0. The van der Waals surface area contributed by atoms with E-state index in [1.807, 2.05) is 31.2 Å². The lowest BCUT2D eigenvalue weighted by molar-refractivity contribution is 1.04. The zero-order chi connectivity index (χ0) is 10.7. The Morgan fingerprint density at radius 3 is 2.73 bits per heavy atom. The molecule has 1 heterocycles. The molecule has 1 aromatic carbocycles. The maximum atomic E-state index is 5.92. The Hall–Kier alpha value is -1.68. The number of hydrogen-bond acceptors (Lipinski definition) is 4. The van der Waals surface area contributed by atoms with Gasteiger partial charge in [-0.2, -0.15) is 5.10 Å². The molecule has 0 bridgehead atoms. The summed E-state index contributed by atoms with van der Waals surface area (Å²) in [6.07, 6.45) is 1.64. The molecule has 0 aliphatic rings. The molecule has 0 unspecified atom stereocenters. The molecule has 0 aliphatic carbocycles. The van der Waals surface area contributed by atoms with E-state index in [1.54, 1.807) is 6.21 Å². The van der Waals surface area contributed by atoms with Gasteiger partial charge >= 0.3 is 0 Å². The van der Waals surface area contributed by atoms with Crippen LogP contribution in [-0.4, -0.2) is 16.4 Å². The molecule has 0 aliphatic heterocycles. The topological polar surface area (TPSA) is 50.2 Å². The van der Waals surface area contributed by atoms with Crippen LogP contribution in [0.1, 0.15) is 6.92 Å². The van der Waals surface area contributed by atoms with Crippen molar-refractivity contribution in [3.05, 3.63) is 29.4 Å². The van der Waals surface area contributed by atoms with Gasteiger partial charge in [0.25, 0.3) is 0 Å². The molecule has 1 aromatic heterocycles. The van der Waals surface area contributed by atoms with Gasteiger partial charge in [0, 0.05) is 17.0 Å². The first-order valence-electron chi connectivity index (χ1n) is 4.47. The number of nitrogens with one attached hydrogen (secondary N) is 1. The lowest BCUT2D eigenvalue weighted by Gasteiger charge is -2.04. The Labute approximate surface area is 92.0 Å². The predicted molar refractivity (Wildman–Crippen MR) is 62.3 cm³/mol. The van der Waals surface area contributed by atoms with Crippen LogP contribution >= 0.6 is 11.6 Å². The fourth-order valence-electron chi connectivity index (χ4n) is 1.28. The van der Waals surface area contributed by atoms with Gasteiger partial charge in [-0.1, -0.05) is 35.9 Å². The summed E-state index contributed by atoms with van der Waals surface area (Å²) >= 11 is 5.92. The minimum absolute atomic E-state index is 0.400. The average Bonchev–Trinajstić information content (AvgIpc) is 2.29. The number of hydrazone groups is 1. The van der Waals surface area contributed by atoms with Gasteiger partial charge < -0.3 is 0 Å². The molecular weight excluding hydrogens is 212 g/mol. The Kier molecular flexibility index (Phi) is 2.78. The van der Waals surface area contributed by atoms with Crippen molar-refractivity contribution in [2.45, 2.75) is 6.92 Å². The van der Waals surface area contributed by atoms with Gasteiger partial charge in [0.15, 0.2) is 11.0 Å². The number of hydrogen-bond donors (Lipinski definition) is 1. The third kappa shape index (κ3) is 1.89. The van der Waals surface area contributed by atoms with Crippen LogP contribution in [0.2, 0.25) is 5.15 Å². The van der Waals surface area contributed by atoms with Gasteiger partial charge in [0.2, 0.25) is 0 Å². The number of aromatic nitrogens is 2. The quantitative estimate of drug-likeness (QED) is 0.625. The summed E-state index contributed by atoms with van der Waals surface area (Å²) in [5.74, 6) is 0.605. The molecule has 5 heteroatoms.